The van der Waals surface area contributed by atoms with E-state index in [2.05, 4.69) is 47.5 Å². The third-order valence-corrected chi connectivity index (χ3v) is 3.38. The van der Waals surface area contributed by atoms with Crippen molar-refractivity contribution in [3.63, 3.8) is 0 Å². The van der Waals surface area contributed by atoms with E-state index >= 15 is 0 Å². The number of nitrogens with zero attached hydrogens (tertiary/aromatic N) is 1. The summed E-state index contributed by atoms with van der Waals surface area (Å²) in [6, 6.07) is 11.1. The van der Waals surface area contributed by atoms with Gasteiger partial charge < -0.3 is 10.2 Å². The summed E-state index contributed by atoms with van der Waals surface area (Å²) in [5.41, 5.74) is 1.38. The molecule has 0 aliphatic carbocycles. The van der Waals surface area contributed by atoms with Gasteiger partial charge in [0.2, 0.25) is 0 Å². The summed E-state index contributed by atoms with van der Waals surface area (Å²) in [7, 11) is 0. The zero-order valence-corrected chi connectivity index (χ0v) is 10.2. The predicted molar refractivity (Wildman–Crippen MR) is 68.5 cm³/mol. The van der Waals surface area contributed by atoms with E-state index in [-0.39, 0.29) is 0 Å². The molecular formula is C14H22N2. The lowest BCUT2D eigenvalue weighted by Crippen LogP contribution is -2.31. The highest BCUT2D eigenvalue weighted by Crippen LogP contribution is 2.11. The van der Waals surface area contributed by atoms with Crippen LogP contribution in [0.1, 0.15) is 31.4 Å². The van der Waals surface area contributed by atoms with Crippen molar-refractivity contribution in [3.05, 3.63) is 35.9 Å². The number of nitrogens with one attached hydrogen (secondary N) is 1. The van der Waals surface area contributed by atoms with Crippen LogP contribution in [-0.2, 0) is 0 Å². The van der Waals surface area contributed by atoms with Crippen LogP contribution in [0, 0.1) is 0 Å². The number of hydrogen-bond donors (Lipinski definition) is 1. The van der Waals surface area contributed by atoms with Crippen LogP contribution in [0.25, 0.3) is 0 Å². The molecule has 1 atom stereocenters. The van der Waals surface area contributed by atoms with E-state index in [9.17, 15) is 0 Å². The Labute approximate surface area is 98.7 Å². The summed E-state index contributed by atoms with van der Waals surface area (Å²) >= 11 is 0. The first-order chi connectivity index (χ1) is 7.86. The second-order valence-corrected chi connectivity index (χ2v) is 4.64. The Morgan fingerprint density at radius 3 is 2.56 bits per heavy atom. The fourth-order valence-electron chi connectivity index (χ4n) is 2.30. The van der Waals surface area contributed by atoms with Gasteiger partial charge in [-0.15, -0.1) is 0 Å². The van der Waals surface area contributed by atoms with E-state index in [4.69, 9.17) is 0 Å². The summed E-state index contributed by atoms with van der Waals surface area (Å²) in [6.07, 6.45) is 2.77. The van der Waals surface area contributed by atoms with E-state index in [0.717, 1.165) is 6.54 Å². The second kappa shape index (κ2) is 6.02. The maximum Gasteiger partial charge on any atom is 0.0292 e. The van der Waals surface area contributed by atoms with Crippen LogP contribution in [0.4, 0.5) is 0 Å². The summed E-state index contributed by atoms with van der Waals surface area (Å²) in [5, 5.41) is 3.58. The average Bonchev–Trinajstić information content (AvgIpc) is 2.83. The van der Waals surface area contributed by atoms with Crippen molar-refractivity contribution < 1.29 is 0 Å². The van der Waals surface area contributed by atoms with Gasteiger partial charge in [0.15, 0.2) is 0 Å². The minimum Gasteiger partial charge on any atom is -0.309 e. The summed E-state index contributed by atoms with van der Waals surface area (Å²) in [4.78, 5) is 2.55. The predicted octanol–water partition coefficient (Wildman–Crippen LogP) is 2.43. The average molecular weight is 218 g/mol. The van der Waals surface area contributed by atoms with Crippen LogP contribution in [0.5, 0.6) is 0 Å². The van der Waals surface area contributed by atoms with Crippen molar-refractivity contribution in [1.82, 2.24) is 10.2 Å². The molecule has 0 aromatic heterocycles. The molecule has 0 amide bonds. The molecule has 2 nitrogen and oxygen atoms in total. The van der Waals surface area contributed by atoms with Crippen LogP contribution in [0.15, 0.2) is 30.3 Å². The molecular weight excluding hydrogens is 196 g/mol. The van der Waals surface area contributed by atoms with Crippen molar-refractivity contribution in [2.75, 3.05) is 26.2 Å². The Kier molecular flexibility index (Phi) is 4.37. The van der Waals surface area contributed by atoms with Crippen LogP contribution in [-0.4, -0.2) is 31.1 Å². The van der Waals surface area contributed by atoms with Gasteiger partial charge in [-0.3, -0.25) is 0 Å². The monoisotopic (exact) mass is 218 g/mol. The molecule has 88 valence electrons. The van der Waals surface area contributed by atoms with Crippen LogP contribution in [0.2, 0.25) is 0 Å². The van der Waals surface area contributed by atoms with Crippen LogP contribution < -0.4 is 5.32 Å². The van der Waals surface area contributed by atoms with Gasteiger partial charge in [-0.25, -0.2) is 0 Å². The molecule has 0 spiro atoms. The van der Waals surface area contributed by atoms with E-state index in [1.165, 1.54) is 38.0 Å². The van der Waals surface area contributed by atoms with Crippen molar-refractivity contribution in [2.24, 2.45) is 0 Å². The molecule has 1 aliphatic heterocycles. The molecule has 16 heavy (non-hydrogen) atoms. The van der Waals surface area contributed by atoms with Gasteiger partial charge in [0, 0.05) is 19.1 Å². The van der Waals surface area contributed by atoms with E-state index in [0.29, 0.717) is 6.04 Å². The molecule has 1 saturated heterocycles. The lowest BCUT2D eigenvalue weighted by molar-refractivity contribution is 0.330. The largest absolute Gasteiger partial charge is 0.309 e. The third-order valence-electron chi connectivity index (χ3n) is 3.38. The van der Waals surface area contributed by atoms with Crippen molar-refractivity contribution in [2.45, 2.75) is 25.8 Å². The quantitative estimate of drug-likeness (QED) is 0.816. The molecule has 1 aliphatic rings. The fraction of sp³-hybridized carbons (Fsp3) is 0.571. The number of rotatable bonds is 5. The van der Waals surface area contributed by atoms with E-state index in [1.807, 2.05) is 0 Å². The Hall–Kier alpha value is -0.860. The first-order valence-corrected chi connectivity index (χ1v) is 6.37. The highest BCUT2D eigenvalue weighted by Gasteiger charge is 2.11. The Balaban J connectivity index is 1.69. The first kappa shape index (κ1) is 11.6. The molecule has 0 radical (unpaired) electrons. The van der Waals surface area contributed by atoms with E-state index in [1.54, 1.807) is 0 Å². The number of benzene rings is 1. The van der Waals surface area contributed by atoms with Crippen LogP contribution >= 0.6 is 0 Å². The normalized spacial score (nSPS) is 18.8. The lowest BCUT2D eigenvalue weighted by atomic mass is 10.1. The van der Waals surface area contributed by atoms with Crippen molar-refractivity contribution in [3.8, 4) is 0 Å². The smallest absolute Gasteiger partial charge is 0.0292 e. The molecule has 2 heteroatoms. The van der Waals surface area contributed by atoms with Gasteiger partial charge in [0.25, 0.3) is 0 Å². The Bertz CT molecular complexity index is 291. The topological polar surface area (TPSA) is 15.3 Å². The fourth-order valence-corrected chi connectivity index (χ4v) is 2.30. The molecule has 0 bridgehead atoms. The zero-order valence-electron chi connectivity index (χ0n) is 10.2. The van der Waals surface area contributed by atoms with Gasteiger partial charge in [0.1, 0.15) is 0 Å². The summed E-state index contributed by atoms with van der Waals surface area (Å²) in [5.74, 6) is 0. The molecule has 1 heterocycles. The number of likely N-dealkylation sites (tertiary alicyclic amines) is 1. The van der Waals surface area contributed by atoms with Crippen LogP contribution in [0.3, 0.4) is 0 Å². The Morgan fingerprint density at radius 1 is 1.19 bits per heavy atom. The van der Waals surface area contributed by atoms with Gasteiger partial charge in [0.05, 0.1) is 0 Å². The molecule has 1 aromatic carbocycles. The summed E-state index contributed by atoms with van der Waals surface area (Å²) in [6.45, 7) is 7.11. The molecule has 1 aromatic rings. The molecule has 2 rings (SSSR count). The first-order valence-electron chi connectivity index (χ1n) is 6.37. The maximum atomic E-state index is 3.58. The zero-order chi connectivity index (χ0) is 11.2. The third kappa shape index (κ3) is 3.32. The maximum absolute atomic E-state index is 3.58. The van der Waals surface area contributed by atoms with Crippen molar-refractivity contribution >= 4 is 0 Å². The van der Waals surface area contributed by atoms with Gasteiger partial charge in [-0.2, -0.15) is 0 Å². The molecule has 1 unspecified atom stereocenters. The van der Waals surface area contributed by atoms with Crippen molar-refractivity contribution in [1.29, 1.82) is 0 Å². The molecule has 1 fully saturated rings. The Morgan fingerprint density at radius 2 is 1.88 bits per heavy atom. The summed E-state index contributed by atoms with van der Waals surface area (Å²) < 4.78 is 0. The molecule has 0 saturated carbocycles. The van der Waals surface area contributed by atoms with E-state index < -0.39 is 0 Å². The molecule has 1 N–H and O–H groups in total. The van der Waals surface area contributed by atoms with Gasteiger partial charge in [-0.1, -0.05) is 30.3 Å². The standard InChI is InChI=1S/C14H22N2/c1-13(14-7-3-2-4-8-14)15-9-12-16-10-5-6-11-16/h2-4,7-8,13,15H,5-6,9-12H2,1H3. The highest BCUT2D eigenvalue weighted by atomic mass is 15.1. The minimum atomic E-state index is 0.462. The van der Waals surface area contributed by atoms with Gasteiger partial charge in [-0.05, 0) is 38.4 Å². The minimum absolute atomic E-state index is 0.462. The highest BCUT2D eigenvalue weighted by molar-refractivity contribution is 5.17. The lowest BCUT2D eigenvalue weighted by Gasteiger charge is -2.18. The second-order valence-electron chi connectivity index (χ2n) is 4.64. The number of hydrogen-bond acceptors (Lipinski definition) is 2. The SMILES string of the molecule is CC(NCCN1CCCC1)c1ccccc1. The van der Waals surface area contributed by atoms with Gasteiger partial charge >= 0.3 is 0 Å².